The Kier molecular flexibility index (Phi) is 4.24. The zero-order chi connectivity index (χ0) is 13.8. The molecular formula is C17H19ClN2. The molecule has 20 heavy (non-hydrogen) atoms. The third-order valence-electron chi connectivity index (χ3n) is 3.82. The smallest absolute Gasteiger partial charge is 0.0455 e. The monoisotopic (exact) mass is 286 g/mol. The normalized spacial score (nSPS) is 19.1. The first-order valence-corrected chi connectivity index (χ1v) is 7.47. The van der Waals surface area contributed by atoms with Crippen molar-refractivity contribution in [3.8, 4) is 0 Å². The van der Waals surface area contributed by atoms with Crippen molar-refractivity contribution >= 4 is 17.3 Å². The molecule has 1 atom stereocenters. The van der Waals surface area contributed by atoms with Crippen molar-refractivity contribution < 1.29 is 0 Å². The van der Waals surface area contributed by atoms with Crippen LogP contribution in [0.25, 0.3) is 0 Å². The molecule has 3 heteroatoms. The second-order valence-electron chi connectivity index (χ2n) is 5.22. The van der Waals surface area contributed by atoms with E-state index in [1.54, 1.807) is 0 Å². The van der Waals surface area contributed by atoms with Crippen molar-refractivity contribution in [2.45, 2.75) is 12.5 Å². The third kappa shape index (κ3) is 3.14. The Labute approximate surface area is 125 Å². The van der Waals surface area contributed by atoms with Crippen molar-refractivity contribution in [2.24, 2.45) is 0 Å². The van der Waals surface area contributed by atoms with Crippen LogP contribution in [-0.4, -0.2) is 25.7 Å². The lowest BCUT2D eigenvalue weighted by atomic mass is 10.0. The third-order valence-corrected chi connectivity index (χ3v) is 4.07. The van der Waals surface area contributed by atoms with Gasteiger partial charge in [0.05, 0.1) is 0 Å². The molecule has 0 aliphatic carbocycles. The van der Waals surface area contributed by atoms with Gasteiger partial charge in [0.1, 0.15) is 0 Å². The van der Waals surface area contributed by atoms with E-state index in [0.717, 1.165) is 31.1 Å². The Bertz CT molecular complexity index is 539. The number of benzene rings is 2. The number of nitrogens with one attached hydrogen (secondary N) is 1. The van der Waals surface area contributed by atoms with Crippen LogP contribution < -0.4 is 10.2 Å². The second-order valence-corrected chi connectivity index (χ2v) is 5.65. The van der Waals surface area contributed by atoms with Gasteiger partial charge in [-0.15, -0.1) is 0 Å². The summed E-state index contributed by atoms with van der Waals surface area (Å²) in [6.07, 6.45) is 1.07. The molecule has 1 heterocycles. The van der Waals surface area contributed by atoms with Crippen LogP contribution in [0.1, 0.15) is 5.56 Å². The van der Waals surface area contributed by atoms with E-state index in [9.17, 15) is 0 Å². The highest BCUT2D eigenvalue weighted by Crippen LogP contribution is 2.22. The maximum Gasteiger partial charge on any atom is 0.0455 e. The summed E-state index contributed by atoms with van der Waals surface area (Å²) in [5, 5.41) is 4.29. The molecule has 3 rings (SSSR count). The lowest BCUT2D eigenvalue weighted by Gasteiger charge is -2.38. The molecule has 2 aromatic carbocycles. The fourth-order valence-electron chi connectivity index (χ4n) is 2.80. The molecular weight excluding hydrogens is 268 g/mol. The van der Waals surface area contributed by atoms with E-state index >= 15 is 0 Å². The first-order chi connectivity index (χ1) is 9.83. The molecule has 0 aromatic heterocycles. The van der Waals surface area contributed by atoms with Crippen molar-refractivity contribution in [3.63, 3.8) is 0 Å². The highest BCUT2D eigenvalue weighted by molar-refractivity contribution is 6.30. The lowest BCUT2D eigenvalue weighted by Crippen LogP contribution is -2.52. The summed E-state index contributed by atoms with van der Waals surface area (Å²) in [7, 11) is 0. The van der Waals surface area contributed by atoms with E-state index in [-0.39, 0.29) is 0 Å². The SMILES string of the molecule is Clc1ccc(N2CCNC[C@@H]2Cc2ccccc2)cc1. The minimum Gasteiger partial charge on any atom is -0.366 e. The van der Waals surface area contributed by atoms with Crippen LogP contribution in [0.4, 0.5) is 5.69 Å². The van der Waals surface area contributed by atoms with Crippen LogP contribution in [-0.2, 0) is 6.42 Å². The van der Waals surface area contributed by atoms with E-state index in [4.69, 9.17) is 11.6 Å². The maximum atomic E-state index is 5.99. The maximum absolute atomic E-state index is 5.99. The van der Waals surface area contributed by atoms with Crippen molar-refractivity contribution in [3.05, 3.63) is 65.2 Å². The molecule has 1 saturated heterocycles. The van der Waals surface area contributed by atoms with Gasteiger partial charge in [-0.2, -0.15) is 0 Å². The van der Waals surface area contributed by atoms with Gasteiger partial charge >= 0.3 is 0 Å². The predicted octanol–water partition coefficient (Wildman–Crippen LogP) is 3.36. The van der Waals surface area contributed by atoms with Gasteiger partial charge < -0.3 is 10.2 Å². The van der Waals surface area contributed by atoms with Crippen molar-refractivity contribution in [2.75, 3.05) is 24.5 Å². The molecule has 1 aliphatic rings. The van der Waals surface area contributed by atoms with Crippen molar-refractivity contribution in [1.82, 2.24) is 5.32 Å². The Morgan fingerprint density at radius 2 is 1.80 bits per heavy atom. The summed E-state index contributed by atoms with van der Waals surface area (Å²) in [5.74, 6) is 0. The Morgan fingerprint density at radius 3 is 2.55 bits per heavy atom. The minimum absolute atomic E-state index is 0.493. The van der Waals surface area contributed by atoms with Gasteiger partial charge in [-0.05, 0) is 36.2 Å². The topological polar surface area (TPSA) is 15.3 Å². The summed E-state index contributed by atoms with van der Waals surface area (Å²) >= 11 is 5.99. The average Bonchev–Trinajstić information content (AvgIpc) is 2.50. The number of piperazine rings is 1. The molecule has 0 saturated carbocycles. The molecule has 2 nitrogen and oxygen atoms in total. The second kappa shape index (κ2) is 6.29. The molecule has 104 valence electrons. The number of anilines is 1. The molecule has 0 bridgehead atoms. The van der Waals surface area contributed by atoms with Gasteiger partial charge in [0.15, 0.2) is 0 Å². The number of hydrogen-bond donors (Lipinski definition) is 1. The van der Waals surface area contributed by atoms with Crippen LogP contribution in [0.2, 0.25) is 5.02 Å². The first-order valence-electron chi connectivity index (χ1n) is 7.10. The van der Waals surface area contributed by atoms with Gasteiger partial charge in [-0.3, -0.25) is 0 Å². The van der Waals surface area contributed by atoms with Crippen molar-refractivity contribution in [1.29, 1.82) is 0 Å². The number of rotatable bonds is 3. The highest BCUT2D eigenvalue weighted by atomic mass is 35.5. The molecule has 2 aromatic rings. The van der Waals surface area contributed by atoms with Crippen LogP contribution in [0.5, 0.6) is 0 Å². The van der Waals surface area contributed by atoms with Crippen LogP contribution in [0, 0.1) is 0 Å². The minimum atomic E-state index is 0.493. The number of halogens is 1. The van der Waals surface area contributed by atoms with E-state index in [0.29, 0.717) is 6.04 Å². The number of nitrogens with zero attached hydrogens (tertiary/aromatic N) is 1. The zero-order valence-corrected chi connectivity index (χ0v) is 12.2. The Balaban J connectivity index is 1.78. The largest absolute Gasteiger partial charge is 0.366 e. The predicted molar refractivity (Wildman–Crippen MR) is 85.6 cm³/mol. The summed E-state index contributed by atoms with van der Waals surface area (Å²) in [4.78, 5) is 2.49. The van der Waals surface area contributed by atoms with Gasteiger partial charge in [0.2, 0.25) is 0 Å². The number of hydrogen-bond acceptors (Lipinski definition) is 2. The average molecular weight is 287 g/mol. The van der Waals surface area contributed by atoms with Gasteiger partial charge in [0, 0.05) is 36.4 Å². The van der Waals surface area contributed by atoms with Crippen LogP contribution >= 0.6 is 11.6 Å². The van der Waals surface area contributed by atoms with E-state index < -0.39 is 0 Å². The van der Waals surface area contributed by atoms with E-state index in [1.807, 2.05) is 12.1 Å². The standard InChI is InChI=1S/C17H19ClN2/c18-15-6-8-16(9-7-15)20-11-10-19-13-17(20)12-14-4-2-1-3-5-14/h1-9,17,19H,10-13H2/t17-/m0/s1. The van der Waals surface area contributed by atoms with Gasteiger partial charge in [-0.1, -0.05) is 41.9 Å². The molecule has 1 aliphatic heterocycles. The summed E-state index contributed by atoms with van der Waals surface area (Å²) < 4.78 is 0. The first kappa shape index (κ1) is 13.5. The summed E-state index contributed by atoms with van der Waals surface area (Å²) in [5.41, 5.74) is 2.65. The zero-order valence-electron chi connectivity index (χ0n) is 11.4. The fraction of sp³-hybridized carbons (Fsp3) is 0.294. The molecule has 0 spiro atoms. The highest BCUT2D eigenvalue weighted by Gasteiger charge is 2.22. The molecule has 0 amide bonds. The van der Waals surface area contributed by atoms with Gasteiger partial charge in [0.25, 0.3) is 0 Å². The van der Waals surface area contributed by atoms with Crippen LogP contribution in [0.15, 0.2) is 54.6 Å². The fourth-order valence-corrected chi connectivity index (χ4v) is 2.93. The van der Waals surface area contributed by atoms with E-state index in [1.165, 1.54) is 11.3 Å². The summed E-state index contributed by atoms with van der Waals surface area (Å²) in [6, 6.07) is 19.4. The van der Waals surface area contributed by atoms with Crippen LogP contribution in [0.3, 0.4) is 0 Å². The quantitative estimate of drug-likeness (QED) is 0.931. The van der Waals surface area contributed by atoms with Gasteiger partial charge in [-0.25, -0.2) is 0 Å². The molecule has 1 fully saturated rings. The lowest BCUT2D eigenvalue weighted by molar-refractivity contribution is 0.473. The molecule has 0 unspecified atom stereocenters. The Morgan fingerprint density at radius 1 is 1.05 bits per heavy atom. The van der Waals surface area contributed by atoms with E-state index in [2.05, 4.69) is 52.7 Å². The molecule has 1 N–H and O–H groups in total. The molecule has 0 radical (unpaired) electrons. The summed E-state index contributed by atoms with van der Waals surface area (Å²) in [6.45, 7) is 3.10. The Hall–Kier alpha value is -1.51.